The van der Waals surface area contributed by atoms with Crippen LogP contribution in [0, 0.1) is 5.41 Å². The molecule has 0 saturated heterocycles. The van der Waals surface area contributed by atoms with Gasteiger partial charge >= 0.3 is 5.97 Å². The highest BCUT2D eigenvalue weighted by atomic mass is 35.5. The summed E-state index contributed by atoms with van der Waals surface area (Å²) in [5.41, 5.74) is 1.71. The van der Waals surface area contributed by atoms with Crippen LogP contribution in [0.25, 0.3) is 21.8 Å². The predicted molar refractivity (Wildman–Crippen MR) is 127 cm³/mol. The number of carbonyl (C=O) groups is 1. The van der Waals surface area contributed by atoms with Crippen LogP contribution in [-0.4, -0.2) is 15.9 Å². The standard InChI is InChI=1S/C26H20Cl2N2O2/c1-25(2)17-9-10-26(25,23-22(17)29-20-12-18(27)19(28)13-21(20)30-23)24(31)32-16-8-7-14-5-3-4-6-15(14)11-16/h3-8,11-13,17H,9-10H2,1-2H3. The molecule has 0 amide bonds. The highest BCUT2D eigenvalue weighted by Gasteiger charge is 2.69. The van der Waals surface area contributed by atoms with Crippen LogP contribution in [0.3, 0.4) is 0 Å². The summed E-state index contributed by atoms with van der Waals surface area (Å²) < 4.78 is 6.02. The Morgan fingerprint density at radius 2 is 1.66 bits per heavy atom. The minimum absolute atomic E-state index is 0.132. The Kier molecular flexibility index (Phi) is 4.15. The van der Waals surface area contributed by atoms with Crippen LogP contribution >= 0.6 is 23.2 Å². The predicted octanol–water partition coefficient (Wildman–Crippen LogP) is 6.85. The second kappa shape index (κ2) is 6.66. The van der Waals surface area contributed by atoms with Gasteiger partial charge in [-0.3, -0.25) is 4.79 Å². The van der Waals surface area contributed by atoms with Crippen LogP contribution in [0.15, 0.2) is 54.6 Å². The highest BCUT2D eigenvalue weighted by molar-refractivity contribution is 6.42. The molecule has 160 valence electrons. The summed E-state index contributed by atoms with van der Waals surface area (Å²) >= 11 is 12.4. The van der Waals surface area contributed by atoms with Crippen molar-refractivity contribution in [3.8, 4) is 5.75 Å². The molecular formula is C26H20Cl2N2O2. The van der Waals surface area contributed by atoms with Crippen molar-refractivity contribution in [2.24, 2.45) is 5.41 Å². The molecule has 1 aromatic heterocycles. The van der Waals surface area contributed by atoms with E-state index in [0.29, 0.717) is 33.2 Å². The number of ether oxygens (including phenoxy) is 1. The Hall–Kier alpha value is -2.69. The monoisotopic (exact) mass is 462 g/mol. The van der Waals surface area contributed by atoms with Crippen LogP contribution in [0.1, 0.15) is 44.0 Å². The summed E-state index contributed by atoms with van der Waals surface area (Å²) in [6.45, 7) is 4.25. The van der Waals surface area contributed by atoms with Crippen LogP contribution < -0.4 is 4.74 Å². The first kappa shape index (κ1) is 20.0. The van der Waals surface area contributed by atoms with Crippen LogP contribution in [0.4, 0.5) is 0 Å². The SMILES string of the molecule is CC1(C)C2CCC1(C(=O)Oc1ccc3ccccc3c1)c1nc3cc(Cl)c(Cl)cc3nc12. The van der Waals surface area contributed by atoms with Crippen molar-refractivity contribution in [1.29, 1.82) is 0 Å². The first-order chi connectivity index (χ1) is 15.3. The van der Waals surface area contributed by atoms with Crippen LogP contribution in [0.5, 0.6) is 5.75 Å². The smallest absolute Gasteiger partial charge is 0.324 e. The Morgan fingerprint density at radius 3 is 2.41 bits per heavy atom. The number of rotatable bonds is 2. The van der Waals surface area contributed by atoms with E-state index in [4.69, 9.17) is 37.9 Å². The lowest BCUT2D eigenvalue weighted by Gasteiger charge is -2.35. The van der Waals surface area contributed by atoms with E-state index in [9.17, 15) is 4.79 Å². The molecule has 4 nitrogen and oxygen atoms in total. The number of halogens is 2. The minimum atomic E-state index is -0.855. The second-order valence-electron chi connectivity index (χ2n) is 9.33. The van der Waals surface area contributed by atoms with Crippen molar-refractivity contribution in [3.05, 3.63) is 76.0 Å². The highest BCUT2D eigenvalue weighted by Crippen LogP contribution is 2.67. The van der Waals surface area contributed by atoms with Gasteiger partial charge in [0.2, 0.25) is 0 Å². The number of benzene rings is 3. The molecule has 3 aromatic carbocycles. The molecule has 6 rings (SSSR count). The van der Waals surface area contributed by atoms with Crippen molar-refractivity contribution in [1.82, 2.24) is 9.97 Å². The molecule has 0 N–H and O–H groups in total. The molecule has 2 aliphatic carbocycles. The van der Waals surface area contributed by atoms with Gasteiger partial charge in [-0.15, -0.1) is 0 Å². The third-order valence-electron chi connectivity index (χ3n) is 7.53. The van der Waals surface area contributed by atoms with Gasteiger partial charge in [-0.1, -0.05) is 67.4 Å². The molecule has 2 unspecified atom stereocenters. The van der Waals surface area contributed by atoms with Crippen molar-refractivity contribution in [2.45, 2.75) is 38.0 Å². The maximum absolute atomic E-state index is 13.8. The van der Waals surface area contributed by atoms with Gasteiger partial charge in [0, 0.05) is 5.92 Å². The first-order valence-corrected chi connectivity index (χ1v) is 11.4. The summed E-state index contributed by atoms with van der Waals surface area (Å²) in [5.74, 6) is 0.403. The van der Waals surface area contributed by atoms with Gasteiger partial charge in [-0.2, -0.15) is 0 Å². The molecule has 0 aliphatic heterocycles. The lowest BCUT2D eigenvalue weighted by molar-refractivity contribution is -0.144. The van der Waals surface area contributed by atoms with Gasteiger partial charge in [0.05, 0.1) is 32.5 Å². The number of hydrogen-bond acceptors (Lipinski definition) is 4. The molecule has 32 heavy (non-hydrogen) atoms. The zero-order chi connectivity index (χ0) is 22.3. The normalized spacial score (nSPS) is 22.9. The van der Waals surface area contributed by atoms with Gasteiger partial charge in [0.15, 0.2) is 0 Å². The molecule has 4 aromatic rings. The largest absolute Gasteiger partial charge is 0.426 e. The summed E-state index contributed by atoms with van der Waals surface area (Å²) in [5, 5.41) is 3.00. The molecule has 1 saturated carbocycles. The summed E-state index contributed by atoms with van der Waals surface area (Å²) in [7, 11) is 0. The Morgan fingerprint density at radius 1 is 0.969 bits per heavy atom. The molecule has 1 heterocycles. The zero-order valence-corrected chi connectivity index (χ0v) is 19.2. The lowest BCUT2D eigenvalue weighted by atomic mass is 9.68. The number of esters is 1. The van der Waals surface area contributed by atoms with Crippen molar-refractivity contribution in [2.75, 3.05) is 0 Å². The van der Waals surface area contributed by atoms with E-state index in [2.05, 4.69) is 13.8 Å². The maximum atomic E-state index is 13.8. The summed E-state index contributed by atoms with van der Waals surface area (Å²) in [6, 6.07) is 17.2. The van der Waals surface area contributed by atoms with Gasteiger partial charge in [0.1, 0.15) is 11.2 Å². The topological polar surface area (TPSA) is 52.1 Å². The fraction of sp³-hybridized carbons (Fsp3) is 0.269. The van der Waals surface area contributed by atoms with E-state index in [1.54, 1.807) is 12.1 Å². The molecular weight excluding hydrogens is 443 g/mol. The van der Waals surface area contributed by atoms with E-state index in [0.717, 1.165) is 28.6 Å². The fourth-order valence-electron chi connectivity index (χ4n) is 5.75. The first-order valence-electron chi connectivity index (χ1n) is 10.7. The number of hydrogen-bond donors (Lipinski definition) is 0. The van der Waals surface area contributed by atoms with E-state index >= 15 is 0 Å². The summed E-state index contributed by atoms with van der Waals surface area (Å²) in [4.78, 5) is 23.6. The number of nitrogens with zero attached hydrogens (tertiary/aromatic N) is 2. The Labute approximate surface area is 195 Å². The molecule has 0 spiro atoms. The van der Waals surface area contributed by atoms with Gasteiger partial charge < -0.3 is 4.74 Å². The van der Waals surface area contributed by atoms with Crippen molar-refractivity contribution >= 4 is 51.0 Å². The summed E-state index contributed by atoms with van der Waals surface area (Å²) in [6.07, 6.45) is 1.56. The molecule has 6 heteroatoms. The molecule has 2 aliphatic rings. The molecule has 2 bridgehead atoms. The van der Waals surface area contributed by atoms with Crippen LogP contribution in [-0.2, 0) is 10.2 Å². The number of carbonyl (C=O) groups excluding carboxylic acids is 1. The van der Waals surface area contributed by atoms with Crippen molar-refractivity contribution in [3.63, 3.8) is 0 Å². The van der Waals surface area contributed by atoms with Crippen molar-refractivity contribution < 1.29 is 9.53 Å². The maximum Gasteiger partial charge on any atom is 0.324 e. The van der Waals surface area contributed by atoms with E-state index in [1.807, 2.05) is 42.5 Å². The minimum Gasteiger partial charge on any atom is -0.426 e. The molecule has 2 atom stereocenters. The third kappa shape index (κ3) is 2.54. The number of aromatic nitrogens is 2. The molecule has 0 radical (unpaired) electrons. The van der Waals surface area contributed by atoms with E-state index in [-0.39, 0.29) is 17.3 Å². The molecule has 1 fully saturated rings. The lowest BCUT2D eigenvalue weighted by Crippen LogP contribution is -2.45. The van der Waals surface area contributed by atoms with Gasteiger partial charge in [-0.05, 0) is 53.3 Å². The second-order valence-corrected chi connectivity index (χ2v) is 10.1. The average molecular weight is 463 g/mol. The van der Waals surface area contributed by atoms with Gasteiger partial charge in [-0.25, -0.2) is 9.97 Å². The Bertz CT molecular complexity index is 1450. The third-order valence-corrected chi connectivity index (χ3v) is 8.25. The van der Waals surface area contributed by atoms with E-state index in [1.165, 1.54) is 0 Å². The fourth-order valence-corrected chi connectivity index (χ4v) is 6.07. The zero-order valence-electron chi connectivity index (χ0n) is 17.7. The van der Waals surface area contributed by atoms with Crippen LogP contribution in [0.2, 0.25) is 10.0 Å². The quantitative estimate of drug-likeness (QED) is 0.241. The Balaban J connectivity index is 1.48. The van der Waals surface area contributed by atoms with E-state index < -0.39 is 5.41 Å². The average Bonchev–Trinajstić information content (AvgIpc) is 3.14. The number of fused-ring (bicyclic) bond motifs is 7. The van der Waals surface area contributed by atoms with Gasteiger partial charge in [0.25, 0.3) is 0 Å².